The highest BCUT2D eigenvalue weighted by atomic mass is 16.5. The molecule has 0 radical (unpaired) electrons. The smallest absolute Gasteiger partial charge is 0.254 e. The van der Waals surface area contributed by atoms with Gasteiger partial charge in [-0.3, -0.25) is 14.5 Å². The maximum atomic E-state index is 14.5. The Balaban J connectivity index is 1.56. The summed E-state index contributed by atoms with van der Waals surface area (Å²) in [6.45, 7) is 5.80. The quantitative estimate of drug-likeness (QED) is 0.496. The second-order valence-electron chi connectivity index (χ2n) is 10.8. The van der Waals surface area contributed by atoms with Gasteiger partial charge in [0.25, 0.3) is 5.91 Å². The first-order chi connectivity index (χ1) is 19.0. The van der Waals surface area contributed by atoms with Gasteiger partial charge in [-0.2, -0.15) is 0 Å². The Morgan fingerprint density at radius 3 is 2.15 bits per heavy atom. The van der Waals surface area contributed by atoms with Gasteiger partial charge in [-0.1, -0.05) is 38.0 Å². The number of nitrogens with zero attached hydrogens (tertiary/aromatic N) is 3. The van der Waals surface area contributed by atoms with Crippen molar-refractivity contribution in [1.29, 1.82) is 0 Å². The van der Waals surface area contributed by atoms with Crippen LogP contribution in [0.5, 0.6) is 17.2 Å². The normalized spacial score (nSPS) is 22.1. The van der Waals surface area contributed by atoms with Crippen LogP contribution in [0.15, 0.2) is 36.4 Å². The van der Waals surface area contributed by atoms with E-state index in [1.165, 1.54) is 25.7 Å². The van der Waals surface area contributed by atoms with Crippen molar-refractivity contribution in [3.05, 3.63) is 53.1 Å². The maximum Gasteiger partial charge on any atom is 0.254 e. The molecule has 210 valence electrons. The Hall–Kier alpha value is -3.26. The minimum Gasteiger partial charge on any atom is -0.493 e. The van der Waals surface area contributed by atoms with Crippen molar-refractivity contribution in [2.75, 3.05) is 54.1 Å². The highest BCUT2D eigenvalue weighted by Crippen LogP contribution is 2.48. The number of carbonyl (C=O) groups excluding carboxylic acids is 2. The number of benzene rings is 2. The number of fused-ring (bicyclic) bond motifs is 1. The second-order valence-corrected chi connectivity index (χ2v) is 10.8. The summed E-state index contributed by atoms with van der Waals surface area (Å²) >= 11 is 0. The Labute approximate surface area is 231 Å². The molecule has 5 rings (SSSR count). The lowest BCUT2D eigenvalue weighted by atomic mass is 9.78. The van der Waals surface area contributed by atoms with Gasteiger partial charge in [0.05, 0.1) is 33.3 Å². The fraction of sp³-hybridized carbons (Fsp3) is 0.548. The summed E-state index contributed by atoms with van der Waals surface area (Å²) in [6, 6.07) is 11.5. The van der Waals surface area contributed by atoms with Gasteiger partial charge in [-0.25, -0.2) is 0 Å². The highest BCUT2D eigenvalue weighted by Gasteiger charge is 2.46. The van der Waals surface area contributed by atoms with Crippen LogP contribution >= 0.6 is 0 Å². The van der Waals surface area contributed by atoms with E-state index in [9.17, 15) is 9.59 Å². The summed E-state index contributed by atoms with van der Waals surface area (Å²) in [5, 5.41) is 0. The van der Waals surface area contributed by atoms with E-state index < -0.39 is 12.0 Å². The van der Waals surface area contributed by atoms with Crippen LogP contribution in [0.3, 0.4) is 0 Å². The van der Waals surface area contributed by atoms with E-state index in [0.29, 0.717) is 48.5 Å². The monoisotopic (exact) mass is 535 g/mol. The number of methoxy groups -OCH3 is 3. The maximum absolute atomic E-state index is 14.5. The summed E-state index contributed by atoms with van der Waals surface area (Å²) < 4.78 is 16.9. The molecule has 1 saturated carbocycles. The highest BCUT2D eigenvalue weighted by molar-refractivity contribution is 6.01. The van der Waals surface area contributed by atoms with Crippen LogP contribution in [0.4, 0.5) is 0 Å². The summed E-state index contributed by atoms with van der Waals surface area (Å²) in [6.07, 6.45) is 5.92. The number of rotatable bonds is 8. The fourth-order valence-corrected chi connectivity index (χ4v) is 6.76. The molecular formula is C31H41N3O5. The van der Waals surface area contributed by atoms with Gasteiger partial charge in [0.15, 0.2) is 11.5 Å². The van der Waals surface area contributed by atoms with E-state index in [2.05, 4.69) is 11.8 Å². The van der Waals surface area contributed by atoms with Gasteiger partial charge in [0.2, 0.25) is 11.7 Å². The number of hydrogen-bond acceptors (Lipinski definition) is 6. The molecule has 0 spiro atoms. The zero-order chi connectivity index (χ0) is 27.5. The van der Waals surface area contributed by atoms with E-state index >= 15 is 0 Å². The predicted molar refractivity (Wildman–Crippen MR) is 150 cm³/mol. The van der Waals surface area contributed by atoms with Gasteiger partial charge >= 0.3 is 0 Å². The van der Waals surface area contributed by atoms with E-state index in [1.54, 1.807) is 21.3 Å². The first-order valence-corrected chi connectivity index (χ1v) is 14.2. The molecule has 3 aliphatic rings. The fourth-order valence-electron chi connectivity index (χ4n) is 6.76. The number of piperazine rings is 1. The van der Waals surface area contributed by atoms with Crippen molar-refractivity contribution in [2.24, 2.45) is 0 Å². The number of ether oxygens (including phenoxy) is 3. The van der Waals surface area contributed by atoms with Crippen molar-refractivity contribution >= 4 is 11.8 Å². The van der Waals surface area contributed by atoms with Crippen molar-refractivity contribution in [1.82, 2.24) is 14.7 Å². The SMILES string of the molecule is CCCN1C(=O)c2ccccc2[C@H](C(=O)N2CCN(C3CCCC3)CC2)[C@H]1c1cc(OC)c(OC)c(OC)c1. The topological polar surface area (TPSA) is 71.6 Å². The van der Waals surface area contributed by atoms with Gasteiger partial charge in [0, 0.05) is 44.3 Å². The van der Waals surface area contributed by atoms with Gasteiger partial charge in [-0.15, -0.1) is 0 Å². The molecule has 2 aromatic carbocycles. The van der Waals surface area contributed by atoms with Crippen LogP contribution in [-0.4, -0.2) is 86.6 Å². The van der Waals surface area contributed by atoms with Crippen molar-refractivity contribution < 1.29 is 23.8 Å². The van der Waals surface area contributed by atoms with Gasteiger partial charge in [-0.05, 0) is 48.6 Å². The predicted octanol–water partition coefficient (Wildman–Crippen LogP) is 4.49. The van der Waals surface area contributed by atoms with Gasteiger partial charge < -0.3 is 24.0 Å². The summed E-state index contributed by atoms with van der Waals surface area (Å²) in [5.41, 5.74) is 2.19. The summed E-state index contributed by atoms with van der Waals surface area (Å²) in [5.74, 6) is 0.977. The van der Waals surface area contributed by atoms with Crippen molar-refractivity contribution in [3.63, 3.8) is 0 Å². The lowest BCUT2D eigenvalue weighted by molar-refractivity contribution is -0.136. The zero-order valence-electron chi connectivity index (χ0n) is 23.7. The first-order valence-electron chi connectivity index (χ1n) is 14.2. The molecule has 8 nitrogen and oxygen atoms in total. The molecule has 2 atom stereocenters. The van der Waals surface area contributed by atoms with E-state index in [-0.39, 0.29) is 11.8 Å². The largest absolute Gasteiger partial charge is 0.493 e. The van der Waals surface area contributed by atoms with Crippen molar-refractivity contribution in [3.8, 4) is 17.2 Å². The molecule has 2 amide bonds. The molecule has 1 aliphatic carbocycles. The lowest BCUT2D eigenvalue weighted by Crippen LogP contribution is -2.54. The van der Waals surface area contributed by atoms with E-state index in [0.717, 1.165) is 30.6 Å². The molecule has 39 heavy (non-hydrogen) atoms. The average Bonchev–Trinajstić information content (AvgIpc) is 3.52. The Morgan fingerprint density at radius 2 is 1.56 bits per heavy atom. The van der Waals surface area contributed by atoms with Crippen LogP contribution in [0.2, 0.25) is 0 Å². The number of carbonyl (C=O) groups is 2. The van der Waals surface area contributed by atoms with Crippen molar-refractivity contribution in [2.45, 2.75) is 57.0 Å². The minimum absolute atomic E-state index is 0.0543. The third kappa shape index (κ3) is 5.07. The lowest BCUT2D eigenvalue weighted by Gasteiger charge is -2.45. The molecule has 0 N–H and O–H groups in total. The first kappa shape index (κ1) is 27.3. The third-order valence-corrected chi connectivity index (χ3v) is 8.66. The number of amides is 2. The molecule has 2 fully saturated rings. The van der Waals surface area contributed by atoms with Crippen LogP contribution in [0.1, 0.15) is 72.5 Å². The molecule has 2 aromatic rings. The van der Waals surface area contributed by atoms with Crippen LogP contribution in [-0.2, 0) is 4.79 Å². The van der Waals surface area contributed by atoms with Crippen LogP contribution < -0.4 is 14.2 Å². The molecule has 2 heterocycles. The van der Waals surface area contributed by atoms with Crippen LogP contribution in [0.25, 0.3) is 0 Å². The Morgan fingerprint density at radius 1 is 0.923 bits per heavy atom. The molecule has 1 saturated heterocycles. The number of hydrogen-bond donors (Lipinski definition) is 0. The minimum atomic E-state index is -0.536. The Kier molecular flexibility index (Phi) is 8.31. The van der Waals surface area contributed by atoms with E-state index in [4.69, 9.17) is 14.2 Å². The summed E-state index contributed by atoms with van der Waals surface area (Å²) in [7, 11) is 4.73. The third-order valence-electron chi connectivity index (χ3n) is 8.66. The second kappa shape index (κ2) is 11.9. The average molecular weight is 536 g/mol. The van der Waals surface area contributed by atoms with Crippen LogP contribution in [0, 0.1) is 0 Å². The van der Waals surface area contributed by atoms with Gasteiger partial charge in [0.1, 0.15) is 0 Å². The molecule has 8 heteroatoms. The summed E-state index contributed by atoms with van der Waals surface area (Å²) in [4.78, 5) is 34.8. The molecule has 2 aliphatic heterocycles. The van der Waals surface area contributed by atoms with E-state index in [1.807, 2.05) is 46.2 Å². The molecule has 0 unspecified atom stereocenters. The molecule has 0 aromatic heterocycles. The molecule has 0 bridgehead atoms. The molecular weight excluding hydrogens is 494 g/mol. The Bertz CT molecular complexity index is 1160. The zero-order valence-corrected chi connectivity index (χ0v) is 23.7. The standard InChI is InChI=1S/C31H41N3O5/c1-5-14-34-28(21-19-25(37-2)29(39-4)26(20-21)38-3)27(23-12-8-9-13-24(23)30(34)35)31(36)33-17-15-32(16-18-33)22-10-6-7-11-22/h8-9,12-13,19-20,22,27-28H,5-7,10-11,14-18H2,1-4H3/t27-,28+/m0/s1.